The number of thioether (sulfide) groups is 1. The molecule has 1 aliphatic heterocycles. The fraction of sp³-hybridized carbons (Fsp3) is 0.562. The van der Waals surface area contributed by atoms with Crippen LogP contribution in [0.25, 0.3) is 0 Å². The first-order valence-electron chi connectivity index (χ1n) is 7.44. The molecule has 0 radical (unpaired) electrons. The Morgan fingerprint density at radius 2 is 2.20 bits per heavy atom. The maximum atomic E-state index is 11.7. The molecular formula is C16H23NO2S. The van der Waals surface area contributed by atoms with Gasteiger partial charge in [-0.15, -0.1) is 11.8 Å². The molecule has 0 aromatic heterocycles. The third kappa shape index (κ3) is 3.11. The molecule has 1 aromatic carbocycles. The summed E-state index contributed by atoms with van der Waals surface area (Å²) in [7, 11) is 0. The first-order chi connectivity index (χ1) is 9.69. The molecule has 0 spiro atoms. The fourth-order valence-corrected chi connectivity index (χ4v) is 3.81. The summed E-state index contributed by atoms with van der Waals surface area (Å²) >= 11 is 1.61. The van der Waals surface area contributed by atoms with E-state index in [1.165, 1.54) is 12.8 Å². The quantitative estimate of drug-likeness (QED) is 0.823. The minimum absolute atomic E-state index is 0.476. The molecule has 110 valence electrons. The van der Waals surface area contributed by atoms with Gasteiger partial charge in [0, 0.05) is 17.5 Å². The lowest BCUT2D eigenvalue weighted by atomic mass is 9.98. The molecule has 2 rings (SSSR count). The lowest BCUT2D eigenvalue weighted by molar-refractivity contribution is 0.0693. The summed E-state index contributed by atoms with van der Waals surface area (Å²) in [6.07, 6.45) is 4.65. The molecule has 0 amide bonds. The summed E-state index contributed by atoms with van der Waals surface area (Å²) in [5.74, 6) is 0.0815. The van der Waals surface area contributed by atoms with Gasteiger partial charge in [-0.25, -0.2) is 4.79 Å². The predicted octanol–water partition coefficient (Wildman–Crippen LogP) is 4.27. The highest BCUT2D eigenvalue weighted by molar-refractivity contribution is 7.99. The Labute approximate surface area is 125 Å². The van der Waals surface area contributed by atoms with Crippen LogP contribution in [0.15, 0.2) is 23.1 Å². The van der Waals surface area contributed by atoms with Crippen molar-refractivity contribution in [1.29, 1.82) is 0 Å². The third-order valence-corrected chi connectivity index (χ3v) is 4.87. The highest BCUT2D eigenvalue weighted by atomic mass is 32.2. The summed E-state index contributed by atoms with van der Waals surface area (Å²) < 4.78 is 0. The van der Waals surface area contributed by atoms with Gasteiger partial charge in [-0.2, -0.15) is 0 Å². The van der Waals surface area contributed by atoms with Gasteiger partial charge in [0.2, 0.25) is 0 Å². The second kappa shape index (κ2) is 7.02. The van der Waals surface area contributed by atoms with Gasteiger partial charge in [0.1, 0.15) is 0 Å². The van der Waals surface area contributed by atoms with Gasteiger partial charge in [-0.3, -0.25) is 0 Å². The summed E-state index contributed by atoms with van der Waals surface area (Å²) in [5, 5.41) is 9.62. The second-order valence-corrected chi connectivity index (χ2v) is 6.45. The van der Waals surface area contributed by atoms with Crippen LogP contribution in [0.3, 0.4) is 0 Å². The first-order valence-corrected chi connectivity index (χ1v) is 8.43. The zero-order valence-electron chi connectivity index (χ0n) is 12.3. The molecule has 1 saturated heterocycles. The summed E-state index contributed by atoms with van der Waals surface area (Å²) in [6, 6.07) is 6.35. The van der Waals surface area contributed by atoms with Crippen molar-refractivity contribution in [1.82, 2.24) is 0 Å². The van der Waals surface area contributed by atoms with E-state index in [1.54, 1.807) is 11.8 Å². The Hall–Kier alpha value is -1.16. The van der Waals surface area contributed by atoms with E-state index in [0.717, 1.165) is 35.7 Å². The van der Waals surface area contributed by atoms with Crippen molar-refractivity contribution in [2.24, 2.45) is 0 Å². The van der Waals surface area contributed by atoms with Crippen LogP contribution in [-0.4, -0.2) is 29.4 Å². The van der Waals surface area contributed by atoms with Gasteiger partial charge >= 0.3 is 5.97 Å². The molecule has 4 heteroatoms. The van der Waals surface area contributed by atoms with E-state index in [9.17, 15) is 9.90 Å². The number of piperidine rings is 1. The van der Waals surface area contributed by atoms with Crippen molar-refractivity contribution in [3.8, 4) is 0 Å². The molecule has 0 bridgehead atoms. The molecule has 20 heavy (non-hydrogen) atoms. The van der Waals surface area contributed by atoms with Crippen LogP contribution < -0.4 is 4.90 Å². The molecule has 0 saturated carbocycles. The zero-order chi connectivity index (χ0) is 14.5. The maximum Gasteiger partial charge on any atom is 0.338 e. The Bertz CT molecular complexity index is 476. The fourth-order valence-electron chi connectivity index (χ4n) is 2.99. The summed E-state index contributed by atoms with van der Waals surface area (Å²) in [4.78, 5) is 14.9. The Balaban J connectivity index is 2.43. The van der Waals surface area contributed by atoms with Crippen molar-refractivity contribution in [2.75, 3.05) is 17.2 Å². The van der Waals surface area contributed by atoms with Crippen LogP contribution in [-0.2, 0) is 0 Å². The van der Waals surface area contributed by atoms with Crippen molar-refractivity contribution in [3.63, 3.8) is 0 Å². The van der Waals surface area contributed by atoms with Crippen LogP contribution in [0.5, 0.6) is 0 Å². The minimum atomic E-state index is -0.808. The van der Waals surface area contributed by atoms with Gasteiger partial charge in [0.15, 0.2) is 0 Å². The number of hydrogen-bond donors (Lipinski definition) is 1. The van der Waals surface area contributed by atoms with E-state index in [1.807, 2.05) is 18.2 Å². The van der Waals surface area contributed by atoms with Crippen LogP contribution in [0, 0.1) is 0 Å². The topological polar surface area (TPSA) is 40.5 Å². The van der Waals surface area contributed by atoms with Crippen LogP contribution >= 0.6 is 11.8 Å². The van der Waals surface area contributed by atoms with Gasteiger partial charge in [0.05, 0.1) is 11.3 Å². The SMILES string of the molecule is CCSc1cccc(N2CCCCC2CC)c1C(=O)O. The van der Waals surface area contributed by atoms with Gasteiger partial charge in [-0.05, 0) is 43.6 Å². The smallest absolute Gasteiger partial charge is 0.338 e. The number of anilines is 1. The Morgan fingerprint density at radius 1 is 1.40 bits per heavy atom. The third-order valence-electron chi connectivity index (χ3n) is 3.93. The average molecular weight is 293 g/mol. The molecule has 1 heterocycles. The predicted molar refractivity (Wildman–Crippen MR) is 85.1 cm³/mol. The van der Waals surface area contributed by atoms with Crippen molar-refractivity contribution in [2.45, 2.75) is 50.5 Å². The van der Waals surface area contributed by atoms with E-state index in [4.69, 9.17) is 0 Å². The monoisotopic (exact) mass is 293 g/mol. The molecule has 0 aliphatic carbocycles. The lowest BCUT2D eigenvalue weighted by Crippen LogP contribution is -2.40. The summed E-state index contributed by atoms with van der Waals surface area (Å²) in [6.45, 7) is 5.21. The second-order valence-electron chi connectivity index (χ2n) is 5.14. The van der Waals surface area contributed by atoms with Gasteiger partial charge in [-0.1, -0.05) is 19.9 Å². The molecule has 1 fully saturated rings. The normalized spacial score (nSPS) is 19.1. The van der Waals surface area contributed by atoms with Crippen molar-refractivity contribution >= 4 is 23.4 Å². The van der Waals surface area contributed by atoms with E-state index in [2.05, 4.69) is 18.7 Å². The van der Waals surface area contributed by atoms with Crippen LogP contribution in [0.2, 0.25) is 0 Å². The first kappa shape index (κ1) is 15.2. The van der Waals surface area contributed by atoms with Crippen molar-refractivity contribution in [3.05, 3.63) is 23.8 Å². The molecule has 1 unspecified atom stereocenters. The number of benzene rings is 1. The zero-order valence-corrected chi connectivity index (χ0v) is 13.1. The Morgan fingerprint density at radius 3 is 2.85 bits per heavy atom. The number of rotatable bonds is 5. The van der Waals surface area contributed by atoms with E-state index < -0.39 is 5.97 Å². The van der Waals surface area contributed by atoms with Crippen LogP contribution in [0.4, 0.5) is 5.69 Å². The average Bonchev–Trinajstić information content (AvgIpc) is 2.47. The molecule has 1 atom stereocenters. The molecular weight excluding hydrogens is 270 g/mol. The largest absolute Gasteiger partial charge is 0.478 e. The molecule has 1 N–H and O–H groups in total. The van der Waals surface area contributed by atoms with Gasteiger partial charge < -0.3 is 10.0 Å². The lowest BCUT2D eigenvalue weighted by Gasteiger charge is -2.38. The Kier molecular flexibility index (Phi) is 5.35. The number of carboxylic acids is 1. The number of hydrogen-bond acceptors (Lipinski definition) is 3. The number of nitrogens with zero attached hydrogens (tertiary/aromatic N) is 1. The maximum absolute atomic E-state index is 11.7. The van der Waals surface area contributed by atoms with E-state index >= 15 is 0 Å². The summed E-state index contributed by atoms with van der Waals surface area (Å²) in [5.41, 5.74) is 1.39. The molecule has 1 aromatic rings. The number of carbonyl (C=O) groups is 1. The highest BCUT2D eigenvalue weighted by Crippen LogP contribution is 2.34. The molecule has 3 nitrogen and oxygen atoms in total. The van der Waals surface area contributed by atoms with Crippen molar-refractivity contribution < 1.29 is 9.90 Å². The number of carboxylic acid groups (broad SMARTS) is 1. The minimum Gasteiger partial charge on any atom is -0.478 e. The van der Waals surface area contributed by atoms with E-state index in [-0.39, 0.29) is 0 Å². The highest BCUT2D eigenvalue weighted by Gasteiger charge is 2.26. The standard InChI is InChI=1S/C16H23NO2S/c1-3-12-8-5-6-11-17(12)13-9-7-10-14(20-4-2)15(13)16(18)19/h7,9-10,12H,3-6,8,11H2,1-2H3,(H,18,19). The van der Waals surface area contributed by atoms with Crippen LogP contribution in [0.1, 0.15) is 49.9 Å². The van der Waals surface area contributed by atoms with E-state index in [0.29, 0.717) is 11.6 Å². The number of aromatic carboxylic acids is 1. The van der Waals surface area contributed by atoms with Gasteiger partial charge in [0.25, 0.3) is 0 Å². The molecule has 1 aliphatic rings.